The molecule has 0 heterocycles. The van der Waals surface area contributed by atoms with E-state index in [0.717, 1.165) is 0 Å². The van der Waals surface area contributed by atoms with Crippen molar-refractivity contribution in [2.45, 2.75) is 0 Å². The molecule has 0 aromatic heterocycles. The molecule has 0 aliphatic rings. The number of carbonyl (C=O) groups excluding carboxylic acids is 1. The molecule has 82 valence electrons. The van der Waals surface area contributed by atoms with Gasteiger partial charge in [0, 0.05) is 7.11 Å². The Balaban J connectivity index is 2.73. The number of para-hydroxylation sites is 1. The van der Waals surface area contributed by atoms with Gasteiger partial charge in [-0.15, -0.1) is 0 Å². The zero-order chi connectivity index (χ0) is 11.1. The highest BCUT2D eigenvalue weighted by Gasteiger charge is 2.11. The van der Waals surface area contributed by atoms with E-state index in [1.165, 1.54) is 7.11 Å². The minimum absolute atomic E-state index is 0.400. The summed E-state index contributed by atoms with van der Waals surface area (Å²) in [5.41, 5.74) is 0.427. The van der Waals surface area contributed by atoms with Crippen molar-refractivity contribution in [1.29, 1.82) is 0 Å². The second-order valence-corrected chi connectivity index (χ2v) is 2.83. The van der Waals surface area contributed by atoms with Crippen LogP contribution in [-0.2, 0) is 9.47 Å². The van der Waals surface area contributed by atoms with Gasteiger partial charge >= 0.3 is 5.97 Å². The van der Waals surface area contributed by atoms with Gasteiger partial charge in [-0.1, -0.05) is 12.1 Å². The first kappa shape index (κ1) is 11.5. The number of rotatable bonds is 5. The van der Waals surface area contributed by atoms with Crippen LogP contribution in [0.1, 0.15) is 10.4 Å². The summed E-state index contributed by atoms with van der Waals surface area (Å²) in [5.74, 6) is 0.115. The number of methoxy groups -OCH3 is 2. The lowest BCUT2D eigenvalue weighted by Gasteiger charge is -2.09. The Labute approximate surface area is 88.8 Å². The van der Waals surface area contributed by atoms with Crippen LogP contribution in [-0.4, -0.2) is 33.4 Å². The van der Waals surface area contributed by atoms with Crippen LogP contribution in [0.25, 0.3) is 0 Å². The molecule has 0 saturated heterocycles. The number of carbonyl (C=O) groups is 1. The molecule has 1 rings (SSSR count). The fourth-order valence-electron chi connectivity index (χ4n) is 1.11. The van der Waals surface area contributed by atoms with Crippen molar-refractivity contribution >= 4 is 5.97 Å². The Morgan fingerprint density at radius 2 is 1.93 bits per heavy atom. The molecule has 0 unspecified atom stereocenters. The topological polar surface area (TPSA) is 44.8 Å². The Morgan fingerprint density at radius 1 is 1.20 bits per heavy atom. The van der Waals surface area contributed by atoms with E-state index in [9.17, 15) is 4.79 Å². The highest BCUT2D eigenvalue weighted by Crippen LogP contribution is 2.18. The lowest BCUT2D eigenvalue weighted by molar-refractivity contribution is 0.0594. The highest BCUT2D eigenvalue weighted by molar-refractivity contribution is 5.92. The third-order valence-corrected chi connectivity index (χ3v) is 1.84. The quantitative estimate of drug-likeness (QED) is 0.545. The van der Waals surface area contributed by atoms with Gasteiger partial charge in [0.2, 0.25) is 0 Å². The summed E-state index contributed by atoms with van der Waals surface area (Å²) in [4.78, 5) is 11.3. The summed E-state index contributed by atoms with van der Waals surface area (Å²) in [6.45, 7) is 0.889. The number of esters is 1. The summed E-state index contributed by atoms with van der Waals surface area (Å²) in [7, 11) is 2.93. The van der Waals surface area contributed by atoms with E-state index < -0.39 is 5.97 Å². The van der Waals surface area contributed by atoms with E-state index in [-0.39, 0.29) is 0 Å². The van der Waals surface area contributed by atoms with E-state index in [1.54, 1.807) is 31.4 Å². The molecule has 0 fully saturated rings. The van der Waals surface area contributed by atoms with Crippen molar-refractivity contribution in [1.82, 2.24) is 0 Å². The summed E-state index contributed by atoms with van der Waals surface area (Å²) in [6, 6.07) is 6.94. The van der Waals surface area contributed by atoms with Crippen molar-refractivity contribution in [3.8, 4) is 5.75 Å². The Hall–Kier alpha value is -1.55. The molecule has 0 aliphatic heterocycles. The average Bonchev–Trinajstić information content (AvgIpc) is 2.29. The molecule has 4 heteroatoms. The van der Waals surface area contributed by atoms with Gasteiger partial charge in [0.25, 0.3) is 0 Å². The fraction of sp³-hybridized carbons (Fsp3) is 0.364. The van der Waals surface area contributed by atoms with Gasteiger partial charge < -0.3 is 14.2 Å². The maximum atomic E-state index is 11.3. The molecule has 0 aliphatic carbocycles. The van der Waals surface area contributed by atoms with Gasteiger partial charge in [-0.3, -0.25) is 0 Å². The first-order valence-electron chi connectivity index (χ1n) is 4.58. The largest absolute Gasteiger partial charge is 0.490 e. The lowest BCUT2D eigenvalue weighted by Crippen LogP contribution is -2.09. The minimum atomic E-state index is -0.400. The second-order valence-electron chi connectivity index (χ2n) is 2.83. The van der Waals surface area contributed by atoms with Gasteiger partial charge in [0.05, 0.1) is 13.7 Å². The monoisotopic (exact) mass is 210 g/mol. The van der Waals surface area contributed by atoms with Crippen LogP contribution >= 0.6 is 0 Å². The van der Waals surface area contributed by atoms with E-state index in [1.807, 2.05) is 0 Å². The minimum Gasteiger partial charge on any atom is -0.490 e. The normalized spacial score (nSPS) is 9.73. The molecular formula is C11H14O4. The van der Waals surface area contributed by atoms with Crippen molar-refractivity contribution < 1.29 is 19.0 Å². The predicted octanol–water partition coefficient (Wildman–Crippen LogP) is 1.50. The standard InChI is InChI=1S/C11H14O4/c1-13-7-8-15-10-6-4-3-5-9(10)11(12)14-2/h3-6H,7-8H2,1-2H3. The van der Waals surface area contributed by atoms with Crippen molar-refractivity contribution in [3.05, 3.63) is 29.8 Å². The molecule has 4 nitrogen and oxygen atoms in total. The lowest BCUT2D eigenvalue weighted by atomic mass is 10.2. The maximum absolute atomic E-state index is 11.3. The molecular weight excluding hydrogens is 196 g/mol. The highest BCUT2D eigenvalue weighted by atomic mass is 16.5. The van der Waals surface area contributed by atoms with E-state index >= 15 is 0 Å². The maximum Gasteiger partial charge on any atom is 0.341 e. The third-order valence-electron chi connectivity index (χ3n) is 1.84. The smallest absolute Gasteiger partial charge is 0.341 e. The van der Waals surface area contributed by atoms with Gasteiger partial charge in [0.1, 0.15) is 17.9 Å². The van der Waals surface area contributed by atoms with Crippen LogP contribution in [0.4, 0.5) is 0 Å². The SMILES string of the molecule is COCCOc1ccccc1C(=O)OC. The number of hydrogen-bond acceptors (Lipinski definition) is 4. The van der Waals surface area contributed by atoms with Crippen molar-refractivity contribution in [2.75, 3.05) is 27.4 Å². The van der Waals surface area contributed by atoms with Crippen molar-refractivity contribution in [2.24, 2.45) is 0 Å². The van der Waals surface area contributed by atoms with Crippen LogP contribution in [0.3, 0.4) is 0 Å². The zero-order valence-corrected chi connectivity index (χ0v) is 8.86. The molecule has 0 spiro atoms. The number of ether oxygens (including phenoxy) is 3. The number of hydrogen-bond donors (Lipinski definition) is 0. The zero-order valence-electron chi connectivity index (χ0n) is 8.86. The fourth-order valence-corrected chi connectivity index (χ4v) is 1.11. The van der Waals surface area contributed by atoms with Gasteiger partial charge in [-0.25, -0.2) is 4.79 Å². The van der Waals surface area contributed by atoms with Crippen LogP contribution in [0, 0.1) is 0 Å². The van der Waals surface area contributed by atoms with E-state index in [2.05, 4.69) is 4.74 Å². The Bertz CT molecular complexity index is 322. The van der Waals surface area contributed by atoms with E-state index in [4.69, 9.17) is 9.47 Å². The molecule has 0 radical (unpaired) electrons. The Morgan fingerprint density at radius 3 is 2.60 bits per heavy atom. The van der Waals surface area contributed by atoms with Crippen molar-refractivity contribution in [3.63, 3.8) is 0 Å². The molecule has 0 amide bonds. The second kappa shape index (κ2) is 6.03. The van der Waals surface area contributed by atoms with Gasteiger partial charge in [-0.2, -0.15) is 0 Å². The third kappa shape index (κ3) is 3.25. The molecule has 15 heavy (non-hydrogen) atoms. The summed E-state index contributed by atoms with van der Waals surface area (Å²) in [5, 5.41) is 0. The first-order chi connectivity index (χ1) is 7.29. The molecule has 0 saturated carbocycles. The van der Waals surface area contributed by atoms with Crippen LogP contribution < -0.4 is 4.74 Å². The van der Waals surface area contributed by atoms with E-state index in [0.29, 0.717) is 24.5 Å². The summed E-state index contributed by atoms with van der Waals surface area (Å²) in [6.07, 6.45) is 0. The predicted molar refractivity (Wildman–Crippen MR) is 55.2 cm³/mol. The molecule has 1 aromatic rings. The van der Waals surface area contributed by atoms with Gasteiger partial charge in [0.15, 0.2) is 0 Å². The van der Waals surface area contributed by atoms with Crippen LogP contribution in [0.2, 0.25) is 0 Å². The number of benzene rings is 1. The van der Waals surface area contributed by atoms with Gasteiger partial charge in [-0.05, 0) is 12.1 Å². The summed E-state index contributed by atoms with van der Waals surface area (Å²) >= 11 is 0. The summed E-state index contributed by atoms with van der Waals surface area (Å²) < 4.78 is 14.9. The van der Waals surface area contributed by atoms with Crippen LogP contribution in [0.15, 0.2) is 24.3 Å². The van der Waals surface area contributed by atoms with Crippen LogP contribution in [0.5, 0.6) is 5.75 Å². The Kier molecular flexibility index (Phi) is 4.63. The first-order valence-corrected chi connectivity index (χ1v) is 4.58. The molecule has 0 N–H and O–H groups in total. The average molecular weight is 210 g/mol. The molecule has 0 atom stereocenters. The molecule has 1 aromatic carbocycles. The molecule has 0 bridgehead atoms.